The standard InChI is InChI=1S/C10H16N2O3/c1-6-2-11-3-8(6)9(13)12-4-7(5-12)10(14)15/h6-8,11H,2-5H2,1H3,(H,14,15). The second-order valence-electron chi connectivity index (χ2n) is 4.52. The van der Waals surface area contributed by atoms with Gasteiger partial charge in [-0.15, -0.1) is 0 Å². The number of aliphatic carboxylic acids is 1. The molecule has 2 aliphatic rings. The van der Waals surface area contributed by atoms with Crippen molar-refractivity contribution in [2.24, 2.45) is 17.8 Å². The van der Waals surface area contributed by atoms with Gasteiger partial charge in [0.25, 0.3) is 0 Å². The maximum absolute atomic E-state index is 11.9. The highest BCUT2D eigenvalue weighted by Crippen LogP contribution is 2.24. The maximum atomic E-state index is 11.9. The van der Waals surface area contributed by atoms with Crippen molar-refractivity contribution in [2.75, 3.05) is 26.2 Å². The van der Waals surface area contributed by atoms with Gasteiger partial charge in [0.05, 0.1) is 11.8 Å². The van der Waals surface area contributed by atoms with Crippen molar-refractivity contribution in [3.05, 3.63) is 0 Å². The number of hydrogen-bond donors (Lipinski definition) is 2. The summed E-state index contributed by atoms with van der Waals surface area (Å²) in [4.78, 5) is 24.1. The third-order valence-corrected chi connectivity index (χ3v) is 3.38. The van der Waals surface area contributed by atoms with E-state index in [1.54, 1.807) is 4.90 Å². The fourth-order valence-corrected chi connectivity index (χ4v) is 2.19. The van der Waals surface area contributed by atoms with Gasteiger partial charge in [-0.2, -0.15) is 0 Å². The number of carboxylic acid groups (broad SMARTS) is 1. The molecule has 0 spiro atoms. The fraction of sp³-hybridized carbons (Fsp3) is 0.800. The summed E-state index contributed by atoms with van der Waals surface area (Å²) in [6, 6.07) is 0. The van der Waals surface area contributed by atoms with Crippen molar-refractivity contribution in [1.82, 2.24) is 10.2 Å². The monoisotopic (exact) mass is 212 g/mol. The van der Waals surface area contributed by atoms with Crippen LogP contribution in [0.2, 0.25) is 0 Å². The van der Waals surface area contributed by atoms with Gasteiger partial charge in [-0.3, -0.25) is 9.59 Å². The van der Waals surface area contributed by atoms with Crippen molar-refractivity contribution in [1.29, 1.82) is 0 Å². The first kappa shape index (κ1) is 10.4. The van der Waals surface area contributed by atoms with E-state index in [0.717, 1.165) is 13.1 Å². The lowest BCUT2D eigenvalue weighted by molar-refractivity contribution is -0.154. The third-order valence-electron chi connectivity index (χ3n) is 3.38. The van der Waals surface area contributed by atoms with Gasteiger partial charge in [0, 0.05) is 19.6 Å². The minimum Gasteiger partial charge on any atom is -0.481 e. The van der Waals surface area contributed by atoms with E-state index in [9.17, 15) is 9.59 Å². The van der Waals surface area contributed by atoms with Gasteiger partial charge >= 0.3 is 5.97 Å². The quantitative estimate of drug-likeness (QED) is 0.640. The average molecular weight is 212 g/mol. The summed E-state index contributed by atoms with van der Waals surface area (Å²) in [5.41, 5.74) is 0. The first-order chi connectivity index (χ1) is 7.09. The Balaban J connectivity index is 1.86. The van der Waals surface area contributed by atoms with E-state index in [1.807, 2.05) is 0 Å². The first-order valence-corrected chi connectivity index (χ1v) is 5.32. The molecule has 2 heterocycles. The van der Waals surface area contributed by atoms with E-state index in [0.29, 0.717) is 19.0 Å². The van der Waals surface area contributed by atoms with Crippen LogP contribution in [0.25, 0.3) is 0 Å². The minimum absolute atomic E-state index is 0.0414. The van der Waals surface area contributed by atoms with Crippen LogP contribution in [0.15, 0.2) is 0 Å². The van der Waals surface area contributed by atoms with Gasteiger partial charge in [0.1, 0.15) is 0 Å². The average Bonchev–Trinajstić information content (AvgIpc) is 2.47. The number of carbonyl (C=O) groups is 2. The molecule has 0 bridgehead atoms. The molecular formula is C10H16N2O3. The number of likely N-dealkylation sites (tertiary alicyclic amines) is 1. The largest absolute Gasteiger partial charge is 0.481 e. The van der Waals surface area contributed by atoms with Crippen molar-refractivity contribution in [3.8, 4) is 0 Å². The van der Waals surface area contributed by atoms with Gasteiger partial charge in [0.15, 0.2) is 0 Å². The Labute approximate surface area is 88.4 Å². The van der Waals surface area contributed by atoms with Gasteiger partial charge in [-0.1, -0.05) is 6.92 Å². The molecule has 2 fully saturated rings. The SMILES string of the molecule is CC1CNCC1C(=O)N1CC(C(=O)O)C1. The number of hydrogen-bond acceptors (Lipinski definition) is 3. The van der Waals surface area contributed by atoms with E-state index < -0.39 is 5.97 Å². The zero-order chi connectivity index (χ0) is 11.0. The highest BCUT2D eigenvalue weighted by molar-refractivity contribution is 5.83. The van der Waals surface area contributed by atoms with Crippen LogP contribution in [-0.4, -0.2) is 48.1 Å². The van der Waals surface area contributed by atoms with Gasteiger partial charge in [-0.05, 0) is 12.5 Å². The van der Waals surface area contributed by atoms with Gasteiger partial charge in [-0.25, -0.2) is 0 Å². The molecule has 84 valence electrons. The summed E-state index contributed by atoms with van der Waals surface area (Å²) in [6.07, 6.45) is 0. The number of carbonyl (C=O) groups excluding carboxylic acids is 1. The van der Waals surface area contributed by atoms with Crippen LogP contribution in [-0.2, 0) is 9.59 Å². The zero-order valence-electron chi connectivity index (χ0n) is 8.77. The summed E-state index contributed by atoms with van der Waals surface area (Å²) < 4.78 is 0. The highest BCUT2D eigenvalue weighted by atomic mass is 16.4. The smallest absolute Gasteiger partial charge is 0.310 e. The number of nitrogens with zero attached hydrogens (tertiary/aromatic N) is 1. The predicted octanol–water partition coefficient (Wildman–Crippen LogP) is -0.615. The third kappa shape index (κ3) is 1.84. The molecule has 0 aromatic heterocycles. The molecule has 1 amide bonds. The van der Waals surface area contributed by atoms with Crippen LogP contribution in [0.1, 0.15) is 6.92 Å². The Hall–Kier alpha value is -1.10. The Morgan fingerprint density at radius 1 is 1.33 bits per heavy atom. The van der Waals surface area contributed by atoms with E-state index in [1.165, 1.54) is 0 Å². The van der Waals surface area contributed by atoms with Crippen LogP contribution >= 0.6 is 0 Å². The number of amides is 1. The second kappa shape index (κ2) is 3.81. The van der Waals surface area contributed by atoms with E-state index in [4.69, 9.17) is 5.11 Å². The summed E-state index contributed by atoms with van der Waals surface area (Å²) in [5, 5.41) is 11.9. The lowest BCUT2D eigenvalue weighted by atomic mass is 9.92. The molecule has 0 saturated carbocycles. The molecule has 2 rings (SSSR count). The van der Waals surface area contributed by atoms with Crippen molar-refractivity contribution in [2.45, 2.75) is 6.92 Å². The minimum atomic E-state index is -0.795. The van der Waals surface area contributed by atoms with Crippen LogP contribution in [0.5, 0.6) is 0 Å². The van der Waals surface area contributed by atoms with Crippen molar-refractivity contribution >= 4 is 11.9 Å². The van der Waals surface area contributed by atoms with Crippen LogP contribution in [0.3, 0.4) is 0 Å². The molecule has 2 unspecified atom stereocenters. The van der Waals surface area contributed by atoms with Crippen LogP contribution < -0.4 is 5.32 Å². The predicted molar refractivity (Wildman–Crippen MR) is 53.2 cm³/mol. The molecule has 2 atom stereocenters. The molecular weight excluding hydrogens is 196 g/mol. The Kier molecular flexibility index (Phi) is 2.65. The molecule has 2 N–H and O–H groups in total. The van der Waals surface area contributed by atoms with Gasteiger partial charge < -0.3 is 15.3 Å². The van der Waals surface area contributed by atoms with Crippen molar-refractivity contribution in [3.63, 3.8) is 0 Å². The molecule has 0 radical (unpaired) electrons. The maximum Gasteiger partial charge on any atom is 0.310 e. The van der Waals surface area contributed by atoms with Crippen LogP contribution in [0, 0.1) is 17.8 Å². The lowest BCUT2D eigenvalue weighted by Crippen LogP contribution is -2.55. The second-order valence-corrected chi connectivity index (χ2v) is 4.52. The van der Waals surface area contributed by atoms with Crippen molar-refractivity contribution < 1.29 is 14.7 Å². The van der Waals surface area contributed by atoms with E-state index >= 15 is 0 Å². The summed E-state index contributed by atoms with van der Waals surface area (Å²) >= 11 is 0. The zero-order valence-corrected chi connectivity index (χ0v) is 8.77. The molecule has 0 aromatic carbocycles. The van der Waals surface area contributed by atoms with E-state index in [2.05, 4.69) is 12.2 Å². The highest BCUT2D eigenvalue weighted by Gasteiger charge is 2.40. The van der Waals surface area contributed by atoms with Gasteiger partial charge in [0.2, 0.25) is 5.91 Å². The van der Waals surface area contributed by atoms with Crippen LogP contribution in [0.4, 0.5) is 0 Å². The molecule has 0 aliphatic carbocycles. The summed E-state index contributed by atoms with van der Waals surface area (Å²) in [7, 11) is 0. The molecule has 15 heavy (non-hydrogen) atoms. The normalized spacial score (nSPS) is 31.4. The molecule has 5 nitrogen and oxygen atoms in total. The molecule has 0 aromatic rings. The summed E-state index contributed by atoms with van der Waals surface area (Å²) in [6.45, 7) is 4.44. The molecule has 2 saturated heterocycles. The Bertz CT molecular complexity index is 286. The van der Waals surface area contributed by atoms with E-state index in [-0.39, 0.29) is 17.7 Å². The lowest BCUT2D eigenvalue weighted by Gasteiger charge is -2.38. The Morgan fingerprint density at radius 3 is 2.47 bits per heavy atom. The number of rotatable bonds is 2. The Morgan fingerprint density at radius 2 is 2.00 bits per heavy atom. The molecule has 5 heteroatoms. The molecule has 2 aliphatic heterocycles. The summed E-state index contributed by atoms with van der Waals surface area (Å²) in [5.74, 6) is -0.624. The fourth-order valence-electron chi connectivity index (χ4n) is 2.19. The number of nitrogens with one attached hydrogen (secondary N) is 1. The topological polar surface area (TPSA) is 69.6 Å². The first-order valence-electron chi connectivity index (χ1n) is 5.32. The number of carboxylic acids is 1.